The second-order valence-electron chi connectivity index (χ2n) is 13.2. The van der Waals surface area contributed by atoms with Crippen LogP contribution in [-0.2, 0) is 0 Å². The van der Waals surface area contributed by atoms with Gasteiger partial charge in [-0.25, -0.2) is 0 Å². The molecule has 0 bridgehead atoms. The Morgan fingerprint density at radius 1 is 0.365 bits per heavy atom. The largest absolute Gasteiger partial charge is 0.311 e. The zero-order valence-electron chi connectivity index (χ0n) is 28.3. The number of pyridine rings is 1. The van der Waals surface area contributed by atoms with E-state index in [9.17, 15) is 0 Å². The Morgan fingerprint density at radius 3 is 1.62 bits per heavy atom. The van der Waals surface area contributed by atoms with Gasteiger partial charge in [0.1, 0.15) is 0 Å². The summed E-state index contributed by atoms with van der Waals surface area (Å²) in [6.45, 7) is 0. The molecule has 0 fully saturated rings. The van der Waals surface area contributed by atoms with Crippen molar-refractivity contribution in [2.45, 2.75) is 0 Å². The Morgan fingerprint density at radius 2 is 0.904 bits per heavy atom. The molecule has 52 heavy (non-hydrogen) atoms. The molecule has 0 aliphatic carbocycles. The predicted molar refractivity (Wildman–Crippen MR) is 223 cm³/mol. The average Bonchev–Trinajstić information content (AvgIpc) is 3.60. The van der Waals surface area contributed by atoms with E-state index >= 15 is 0 Å². The fraction of sp³-hybridized carbons (Fsp3) is 0. The van der Waals surface area contributed by atoms with Gasteiger partial charge in [0.2, 0.25) is 0 Å². The van der Waals surface area contributed by atoms with E-state index in [0.717, 1.165) is 17.1 Å². The van der Waals surface area contributed by atoms with Gasteiger partial charge >= 0.3 is 0 Å². The summed E-state index contributed by atoms with van der Waals surface area (Å²) in [6, 6.07) is 66.1. The van der Waals surface area contributed by atoms with Crippen LogP contribution >= 0.6 is 11.3 Å². The molecule has 2 heterocycles. The molecule has 0 unspecified atom stereocenters. The molecule has 2 aromatic heterocycles. The molecule has 2 nitrogen and oxygen atoms in total. The summed E-state index contributed by atoms with van der Waals surface area (Å²) in [5.41, 5.74) is 10.6. The predicted octanol–water partition coefficient (Wildman–Crippen LogP) is 14.2. The smallest absolute Gasteiger partial charge is 0.0462 e. The number of anilines is 3. The minimum Gasteiger partial charge on any atom is -0.311 e. The maximum Gasteiger partial charge on any atom is 0.0462 e. The average molecular weight is 681 g/mol. The van der Waals surface area contributed by atoms with Crippen LogP contribution < -0.4 is 4.90 Å². The van der Waals surface area contributed by atoms with Crippen LogP contribution in [0, 0.1) is 0 Å². The van der Waals surface area contributed by atoms with Gasteiger partial charge in [0.05, 0.1) is 0 Å². The van der Waals surface area contributed by atoms with E-state index in [1.54, 1.807) is 0 Å². The summed E-state index contributed by atoms with van der Waals surface area (Å²) in [6.07, 6.45) is 3.85. The third-order valence-corrected chi connectivity index (χ3v) is 11.3. The minimum absolute atomic E-state index is 1.10. The molecule has 10 rings (SSSR count). The van der Waals surface area contributed by atoms with Crippen molar-refractivity contribution < 1.29 is 0 Å². The molecule has 0 spiro atoms. The van der Waals surface area contributed by atoms with Gasteiger partial charge in [0.25, 0.3) is 0 Å². The molecule has 0 aliphatic heterocycles. The number of rotatable bonds is 6. The second-order valence-corrected chi connectivity index (χ2v) is 14.3. The monoisotopic (exact) mass is 680 g/mol. The van der Waals surface area contributed by atoms with E-state index in [1.807, 2.05) is 23.7 Å². The molecule has 0 saturated heterocycles. The number of benzene rings is 8. The summed E-state index contributed by atoms with van der Waals surface area (Å²) in [5.74, 6) is 0. The van der Waals surface area contributed by atoms with Gasteiger partial charge in [-0.3, -0.25) is 4.98 Å². The van der Waals surface area contributed by atoms with Crippen molar-refractivity contribution in [3.8, 4) is 33.4 Å². The Hall–Kier alpha value is -6.55. The first-order valence-electron chi connectivity index (χ1n) is 17.6. The van der Waals surface area contributed by atoms with Crippen molar-refractivity contribution in [1.29, 1.82) is 0 Å². The first-order valence-corrected chi connectivity index (χ1v) is 18.4. The zero-order valence-corrected chi connectivity index (χ0v) is 29.1. The van der Waals surface area contributed by atoms with Gasteiger partial charge in [0, 0.05) is 49.6 Å². The Bertz CT molecular complexity index is 2870. The number of hydrogen-bond donors (Lipinski definition) is 0. The van der Waals surface area contributed by atoms with E-state index in [1.165, 1.54) is 75.1 Å². The lowest BCUT2D eigenvalue weighted by Crippen LogP contribution is -2.09. The first-order chi connectivity index (χ1) is 25.8. The number of thiophene rings is 1. The normalized spacial score (nSPS) is 11.5. The number of aromatic nitrogens is 1. The third-order valence-electron chi connectivity index (χ3n) is 10.2. The molecule has 0 saturated carbocycles. The summed E-state index contributed by atoms with van der Waals surface area (Å²) >= 11 is 1.82. The highest BCUT2D eigenvalue weighted by Crippen LogP contribution is 2.41. The fourth-order valence-corrected chi connectivity index (χ4v) is 8.62. The molecule has 8 aromatic carbocycles. The highest BCUT2D eigenvalue weighted by atomic mass is 32.1. The Kier molecular flexibility index (Phi) is 7.37. The number of hydrogen-bond acceptors (Lipinski definition) is 3. The van der Waals surface area contributed by atoms with Crippen LogP contribution in [0.25, 0.3) is 75.1 Å². The molecule has 10 aromatic rings. The van der Waals surface area contributed by atoms with Gasteiger partial charge in [0.15, 0.2) is 0 Å². The standard InChI is InChI=1S/C49H32N2S/c1-2-8-33(9-3-1)34-14-21-39(22-15-34)51(40-23-16-35(17-24-40)37-20-27-48-46(30-37)47-32-50-29-28-49(47)52-48)41-25-18-36(19-26-41)45-31-38-10-4-5-11-42(38)43-12-6-7-13-44(43)45/h1-32H. The lowest BCUT2D eigenvalue weighted by molar-refractivity contribution is 1.28. The van der Waals surface area contributed by atoms with Gasteiger partial charge in [-0.1, -0.05) is 121 Å². The van der Waals surface area contributed by atoms with Crippen molar-refractivity contribution in [1.82, 2.24) is 4.98 Å². The molecule has 244 valence electrons. The Balaban J connectivity index is 1.05. The van der Waals surface area contributed by atoms with Crippen LogP contribution in [0.4, 0.5) is 17.1 Å². The summed E-state index contributed by atoms with van der Waals surface area (Å²) < 4.78 is 2.56. The minimum atomic E-state index is 1.10. The van der Waals surface area contributed by atoms with Crippen LogP contribution in [0.15, 0.2) is 194 Å². The molecular weight excluding hydrogens is 649 g/mol. The highest BCUT2D eigenvalue weighted by molar-refractivity contribution is 7.25. The third kappa shape index (κ3) is 5.31. The SMILES string of the molecule is c1ccc(-c2ccc(N(c3ccc(-c4ccc5sc6ccncc6c5c4)cc3)c3ccc(-c4cc5ccccc5c5ccccc45)cc3)cc2)cc1. The van der Waals surface area contributed by atoms with Gasteiger partial charge in [-0.2, -0.15) is 0 Å². The lowest BCUT2D eigenvalue weighted by Gasteiger charge is -2.26. The van der Waals surface area contributed by atoms with Crippen molar-refractivity contribution in [3.63, 3.8) is 0 Å². The van der Waals surface area contributed by atoms with Crippen molar-refractivity contribution in [2.75, 3.05) is 4.90 Å². The maximum absolute atomic E-state index is 4.40. The quantitative estimate of drug-likeness (QED) is 0.163. The van der Waals surface area contributed by atoms with E-state index in [-0.39, 0.29) is 0 Å². The molecule has 0 radical (unpaired) electrons. The summed E-state index contributed by atoms with van der Waals surface area (Å²) in [4.78, 5) is 6.75. The van der Waals surface area contributed by atoms with Crippen LogP contribution in [0.1, 0.15) is 0 Å². The van der Waals surface area contributed by atoms with Gasteiger partial charge in [-0.05, 0) is 116 Å². The van der Waals surface area contributed by atoms with Gasteiger partial charge < -0.3 is 4.90 Å². The summed E-state index contributed by atoms with van der Waals surface area (Å²) in [7, 11) is 0. The first kappa shape index (κ1) is 30.3. The molecule has 3 heteroatoms. The van der Waals surface area contributed by atoms with E-state index in [0.29, 0.717) is 0 Å². The molecular formula is C49H32N2S. The van der Waals surface area contributed by atoms with Crippen LogP contribution in [0.5, 0.6) is 0 Å². The van der Waals surface area contributed by atoms with Gasteiger partial charge in [-0.15, -0.1) is 11.3 Å². The Labute approximate surface area is 306 Å². The maximum atomic E-state index is 4.40. The number of nitrogens with zero attached hydrogens (tertiary/aromatic N) is 2. The fourth-order valence-electron chi connectivity index (χ4n) is 7.57. The topological polar surface area (TPSA) is 16.1 Å². The number of fused-ring (bicyclic) bond motifs is 6. The van der Waals surface area contributed by atoms with Crippen molar-refractivity contribution in [2.24, 2.45) is 0 Å². The highest BCUT2D eigenvalue weighted by Gasteiger charge is 2.15. The van der Waals surface area contributed by atoms with Crippen molar-refractivity contribution in [3.05, 3.63) is 194 Å². The van der Waals surface area contributed by atoms with E-state index in [4.69, 9.17) is 0 Å². The molecule has 0 atom stereocenters. The van der Waals surface area contributed by atoms with E-state index < -0.39 is 0 Å². The van der Waals surface area contributed by atoms with Crippen LogP contribution in [0.3, 0.4) is 0 Å². The van der Waals surface area contributed by atoms with Crippen LogP contribution in [-0.4, -0.2) is 4.98 Å². The summed E-state index contributed by atoms with van der Waals surface area (Å²) in [5, 5.41) is 7.56. The molecule has 0 amide bonds. The lowest BCUT2D eigenvalue weighted by atomic mass is 9.93. The second kappa shape index (κ2) is 12.6. The van der Waals surface area contributed by atoms with Crippen LogP contribution in [0.2, 0.25) is 0 Å². The zero-order chi connectivity index (χ0) is 34.4. The van der Waals surface area contributed by atoms with Crippen molar-refractivity contribution >= 4 is 70.1 Å². The molecule has 0 aliphatic rings. The molecule has 0 N–H and O–H groups in total. The van der Waals surface area contributed by atoms with E-state index in [2.05, 4.69) is 192 Å².